The van der Waals surface area contributed by atoms with Gasteiger partial charge in [0.15, 0.2) is 0 Å². The number of pyridine rings is 1. The van der Waals surface area contributed by atoms with Crippen molar-refractivity contribution >= 4 is 35.3 Å². The lowest BCUT2D eigenvalue weighted by Gasteiger charge is -2.46. The molecule has 1 aromatic heterocycles. The van der Waals surface area contributed by atoms with Crippen LogP contribution in [0, 0.1) is 12.8 Å². The van der Waals surface area contributed by atoms with E-state index in [1.54, 1.807) is 4.90 Å². The Labute approximate surface area is 238 Å². The Bertz CT molecular complexity index is 1230. The Balaban J connectivity index is 1.20. The van der Waals surface area contributed by atoms with Gasteiger partial charge in [-0.15, -0.1) is 0 Å². The Hall–Kier alpha value is -3.09. The fourth-order valence-corrected chi connectivity index (χ4v) is 7.79. The predicted octanol–water partition coefficient (Wildman–Crippen LogP) is 2.03. The van der Waals surface area contributed by atoms with Crippen LogP contribution in [0.5, 0.6) is 5.88 Å². The number of rotatable bonds is 6. The molecule has 0 spiro atoms. The summed E-state index contributed by atoms with van der Waals surface area (Å²) in [5.41, 5.74) is 2.16. The summed E-state index contributed by atoms with van der Waals surface area (Å²) in [6.45, 7) is 8.72. The number of hydrogen-bond donors (Lipinski definition) is 3. The summed E-state index contributed by atoms with van der Waals surface area (Å²) < 4.78 is 11.5. The van der Waals surface area contributed by atoms with Gasteiger partial charge in [-0.2, -0.15) is 0 Å². The van der Waals surface area contributed by atoms with Crippen molar-refractivity contribution in [3.63, 3.8) is 0 Å². The van der Waals surface area contributed by atoms with Gasteiger partial charge in [-0.05, 0) is 44.9 Å². The van der Waals surface area contributed by atoms with Gasteiger partial charge in [-0.1, -0.05) is 18.3 Å². The van der Waals surface area contributed by atoms with Crippen LogP contribution < -0.4 is 25.6 Å². The van der Waals surface area contributed by atoms with E-state index in [2.05, 4.69) is 27.5 Å². The third-order valence-corrected chi connectivity index (χ3v) is 9.69. The summed E-state index contributed by atoms with van der Waals surface area (Å²) in [6, 6.07) is 3.25. The first-order valence-electron chi connectivity index (χ1n) is 14.1. The molecule has 0 bridgehead atoms. The second-order valence-electron chi connectivity index (χ2n) is 10.9. The molecule has 1 aromatic rings. The van der Waals surface area contributed by atoms with E-state index in [0.717, 1.165) is 50.0 Å². The van der Waals surface area contributed by atoms with Gasteiger partial charge in [0.05, 0.1) is 40.9 Å². The normalized spacial score (nSPS) is 28.6. The number of carbonyl (C=O) groups excluding carboxylic acids is 3. The molecule has 12 heteroatoms. The van der Waals surface area contributed by atoms with Gasteiger partial charge in [-0.3, -0.25) is 14.5 Å². The van der Waals surface area contributed by atoms with E-state index in [-0.39, 0.29) is 47.3 Å². The SMILES string of the molecule is C=CC(=O)N1CCC[C@@H](NC(=O)C2=C3NC(=O)N(c4ccc(OC5CCOCC5)nc4C)C4CCNC(S2)C34)C1. The third-order valence-electron chi connectivity index (χ3n) is 8.34. The summed E-state index contributed by atoms with van der Waals surface area (Å²) in [7, 11) is 0. The van der Waals surface area contributed by atoms with Crippen molar-refractivity contribution in [2.24, 2.45) is 5.92 Å². The highest BCUT2D eigenvalue weighted by Crippen LogP contribution is 2.48. The lowest BCUT2D eigenvalue weighted by molar-refractivity contribution is -0.128. The van der Waals surface area contributed by atoms with Crippen molar-refractivity contribution in [2.75, 3.05) is 37.7 Å². The standard InChI is InChI=1S/C28H36N6O5S/c1-3-22(35)33-12-4-5-17(15-33)31-26(36)25-24-23-20(8-11-29-27(23)40-25)34(28(37)32-24)19-6-7-21(30-16(19)2)39-18-9-13-38-14-10-18/h3,6-7,17-18,20,23,27,29H,1,4-5,8-15H2,2H3,(H,31,36)(H,32,37)/t17-,20?,23?,27?/m1/s1. The van der Waals surface area contributed by atoms with Crippen molar-refractivity contribution in [1.29, 1.82) is 0 Å². The number of hydrogen-bond acceptors (Lipinski definition) is 8. The summed E-state index contributed by atoms with van der Waals surface area (Å²) in [6.07, 6.45) is 5.44. The zero-order valence-electron chi connectivity index (χ0n) is 22.7. The molecule has 11 nitrogen and oxygen atoms in total. The minimum absolute atomic E-state index is 0.0211. The Kier molecular flexibility index (Phi) is 7.74. The molecule has 4 atom stereocenters. The molecule has 5 aliphatic heterocycles. The highest BCUT2D eigenvalue weighted by Gasteiger charge is 2.52. The second kappa shape index (κ2) is 11.4. The van der Waals surface area contributed by atoms with Crippen molar-refractivity contribution in [3.8, 4) is 5.88 Å². The molecule has 4 amide bonds. The Morgan fingerprint density at radius 2 is 2.08 bits per heavy atom. The molecule has 214 valence electrons. The third kappa shape index (κ3) is 5.19. The number of urea groups is 1. The van der Waals surface area contributed by atoms with Crippen molar-refractivity contribution in [2.45, 2.75) is 62.6 Å². The van der Waals surface area contributed by atoms with Crippen LogP contribution in [0.15, 0.2) is 35.4 Å². The first-order valence-corrected chi connectivity index (χ1v) is 15.0. The number of piperidine rings is 2. The van der Waals surface area contributed by atoms with Crippen LogP contribution in [0.2, 0.25) is 0 Å². The minimum Gasteiger partial charge on any atom is -0.474 e. The maximum atomic E-state index is 13.6. The van der Waals surface area contributed by atoms with E-state index in [1.807, 2.05) is 24.0 Å². The number of amides is 4. The fourth-order valence-electron chi connectivity index (χ4n) is 6.39. The van der Waals surface area contributed by atoms with Gasteiger partial charge < -0.3 is 30.3 Å². The average molecular weight is 569 g/mol. The Morgan fingerprint density at radius 1 is 1.25 bits per heavy atom. The first-order chi connectivity index (χ1) is 19.4. The number of thioether (sulfide) groups is 1. The molecule has 40 heavy (non-hydrogen) atoms. The summed E-state index contributed by atoms with van der Waals surface area (Å²) in [4.78, 5) is 47.9. The van der Waals surface area contributed by atoms with Crippen LogP contribution in [0.25, 0.3) is 0 Å². The molecule has 3 unspecified atom stereocenters. The maximum Gasteiger partial charge on any atom is 0.326 e. The molecule has 3 N–H and O–H groups in total. The fraction of sp³-hybridized carbons (Fsp3) is 0.571. The monoisotopic (exact) mass is 568 g/mol. The number of anilines is 1. The number of nitrogens with zero attached hydrogens (tertiary/aromatic N) is 3. The van der Waals surface area contributed by atoms with E-state index >= 15 is 0 Å². The molecule has 4 fully saturated rings. The van der Waals surface area contributed by atoms with E-state index in [9.17, 15) is 14.4 Å². The average Bonchev–Trinajstić information content (AvgIpc) is 3.33. The van der Waals surface area contributed by atoms with Crippen molar-refractivity contribution in [3.05, 3.63) is 41.1 Å². The molecule has 5 aliphatic rings. The van der Waals surface area contributed by atoms with Gasteiger partial charge in [0.25, 0.3) is 5.91 Å². The molecule has 0 saturated carbocycles. The molecular formula is C28H36N6O5S. The smallest absolute Gasteiger partial charge is 0.326 e. The topological polar surface area (TPSA) is 125 Å². The van der Waals surface area contributed by atoms with E-state index in [4.69, 9.17) is 9.47 Å². The van der Waals surface area contributed by atoms with Crippen LogP contribution in [0.3, 0.4) is 0 Å². The van der Waals surface area contributed by atoms with E-state index < -0.39 is 0 Å². The Morgan fingerprint density at radius 3 is 2.85 bits per heavy atom. The molecule has 0 radical (unpaired) electrons. The molecule has 4 saturated heterocycles. The van der Waals surface area contributed by atoms with Crippen LogP contribution >= 0.6 is 11.8 Å². The zero-order chi connectivity index (χ0) is 27.8. The number of carbonyl (C=O) groups is 3. The van der Waals surface area contributed by atoms with E-state index in [1.165, 1.54) is 17.8 Å². The summed E-state index contributed by atoms with van der Waals surface area (Å²) in [5.74, 6) is 0.177. The minimum atomic E-state index is -0.256. The predicted molar refractivity (Wildman–Crippen MR) is 151 cm³/mol. The number of likely N-dealkylation sites (tertiary alicyclic amines) is 1. The maximum absolute atomic E-state index is 13.6. The lowest BCUT2D eigenvalue weighted by Crippen LogP contribution is -2.62. The van der Waals surface area contributed by atoms with Gasteiger partial charge in [0, 0.05) is 49.7 Å². The highest BCUT2D eigenvalue weighted by atomic mass is 32.2. The quantitative estimate of drug-likeness (QED) is 0.446. The number of nitrogens with one attached hydrogen (secondary N) is 3. The van der Waals surface area contributed by atoms with Gasteiger partial charge in [0.1, 0.15) is 6.10 Å². The molecule has 0 aliphatic carbocycles. The van der Waals surface area contributed by atoms with Crippen LogP contribution in [-0.2, 0) is 14.3 Å². The molecule has 0 aromatic carbocycles. The van der Waals surface area contributed by atoms with Crippen molar-refractivity contribution < 1.29 is 23.9 Å². The second-order valence-corrected chi connectivity index (χ2v) is 12.1. The largest absolute Gasteiger partial charge is 0.474 e. The van der Waals surface area contributed by atoms with Gasteiger partial charge in [0.2, 0.25) is 11.8 Å². The zero-order valence-corrected chi connectivity index (χ0v) is 23.5. The lowest BCUT2D eigenvalue weighted by atomic mass is 9.86. The van der Waals surface area contributed by atoms with Crippen LogP contribution in [0.4, 0.5) is 10.5 Å². The van der Waals surface area contributed by atoms with Crippen LogP contribution in [-0.4, -0.2) is 84.1 Å². The number of aryl methyl sites for hydroxylation is 1. The van der Waals surface area contributed by atoms with Gasteiger partial charge in [-0.25, -0.2) is 9.78 Å². The van der Waals surface area contributed by atoms with E-state index in [0.29, 0.717) is 42.8 Å². The van der Waals surface area contributed by atoms with Crippen LogP contribution in [0.1, 0.15) is 37.8 Å². The molecule has 6 rings (SSSR count). The summed E-state index contributed by atoms with van der Waals surface area (Å²) in [5, 5.41) is 9.70. The highest BCUT2D eigenvalue weighted by molar-refractivity contribution is 8.04. The number of ether oxygens (including phenoxy) is 2. The molecule has 6 heterocycles. The number of aromatic nitrogens is 1. The summed E-state index contributed by atoms with van der Waals surface area (Å²) >= 11 is 1.48. The first kappa shape index (κ1) is 27.1. The van der Waals surface area contributed by atoms with Gasteiger partial charge >= 0.3 is 6.03 Å². The molecular weight excluding hydrogens is 532 g/mol. The van der Waals surface area contributed by atoms with Crippen molar-refractivity contribution in [1.82, 2.24) is 25.8 Å².